The van der Waals surface area contributed by atoms with Crippen molar-refractivity contribution in [3.63, 3.8) is 0 Å². The van der Waals surface area contributed by atoms with Crippen LogP contribution in [0.1, 0.15) is 38.7 Å². The smallest absolute Gasteiger partial charge is 0.241 e. The van der Waals surface area contributed by atoms with Crippen molar-refractivity contribution in [2.45, 2.75) is 57.0 Å². The molecule has 4 N–H and O–H groups in total. The van der Waals surface area contributed by atoms with E-state index in [9.17, 15) is 13.2 Å². The SMILES string of the molecule is Cc1ccc(S(=O)(=O)NC(CC(C)C)C(=O)NC(CN)C2CC2)cc1. The van der Waals surface area contributed by atoms with Crippen molar-refractivity contribution < 1.29 is 13.2 Å². The molecule has 140 valence electrons. The molecule has 1 aliphatic carbocycles. The minimum absolute atomic E-state index is 0.0777. The van der Waals surface area contributed by atoms with E-state index in [1.165, 1.54) is 0 Å². The summed E-state index contributed by atoms with van der Waals surface area (Å²) in [5, 5.41) is 2.93. The Bertz CT molecular complexity index is 682. The molecule has 25 heavy (non-hydrogen) atoms. The van der Waals surface area contributed by atoms with Crippen molar-refractivity contribution in [2.75, 3.05) is 6.54 Å². The average molecular weight is 368 g/mol. The van der Waals surface area contributed by atoms with Crippen LogP contribution in [0.15, 0.2) is 29.2 Å². The molecule has 0 bridgehead atoms. The van der Waals surface area contributed by atoms with Crippen molar-refractivity contribution in [3.05, 3.63) is 29.8 Å². The molecule has 2 unspecified atom stereocenters. The minimum atomic E-state index is -3.76. The van der Waals surface area contributed by atoms with Gasteiger partial charge in [0.15, 0.2) is 0 Å². The van der Waals surface area contributed by atoms with Crippen LogP contribution < -0.4 is 15.8 Å². The van der Waals surface area contributed by atoms with Gasteiger partial charge in [0.2, 0.25) is 15.9 Å². The number of amides is 1. The maximum atomic E-state index is 12.6. The normalized spacial score (nSPS) is 17.3. The summed E-state index contributed by atoms with van der Waals surface area (Å²) in [6.45, 7) is 6.18. The molecule has 1 fully saturated rings. The number of carbonyl (C=O) groups excluding carboxylic acids is 1. The van der Waals surface area contributed by atoms with Crippen molar-refractivity contribution in [1.29, 1.82) is 0 Å². The first kappa shape index (κ1) is 19.9. The van der Waals surface area contributed by atoms with E-state index in [0.717, 1.165) is 18.4 Å². The minimum Gasteiger partial charge on any atom is -0.350 e. The molecule has 1 amide bonds. The number of benzene rings is 1. The zero-order valence-electron chi connectivity index (χ0n) is 15.2. The second kappa shape index (κ2) is 8.29. The van der Waals surface area contributed by atoms with E-state index in [0.29, 0.717) is 18.9 Å². The highest BCUT2D eigenvalue weighted by molar-refractivity contribution is 7.89. The molecule has 7 heteroatoms. The molecule has 6 nitrogen and oxygen atoms in total. The molecule has 0 spiro atoms. The number of hydrogen-bond donors (Lipinski definition) is 3. The lowest BCUT2D eigenvalue weighted by molar-refractivity contribution is -0.123. The van der Waals surface area contributed by atoms with E-state index in [4.69, 9.17) is 5.73 Å². The predicted octanol–water partition coefficient (Wildman–Crippen LogP) is 1.54. The first-order chi connectivity index (χ1) is 11.7. The highest BCUT2D eigenvalue weighted by Gasteiger charge is 2.34. The molecule has 2 atom stereocenters. The van der Waals surface area contributed by atoms with Crippen molar-refractivity contribution in [1.82, 2.24) is 10.0 Å². The topological polar surface area (TPSA) is 101 Å². The summed E-state index contributed by atoms with van der Waals surface area (Å²) in [6, 6.07) is 5.70. The maximum absolute atomic E-state index is 12.6. The number of rotatable bonds is 9. The Morgan fingerprint density at radius 3 is 2.32 bits per heavy atom. The van der Waals surface area contributed by atoms with E-state index in [2.05, 4.69) is 10.0 Å². The fourth-order valence-corrected chi connectivity index (χ4v) is 4.01. The van der Waals surface area contributed by atoms with Gasteiger partial charge in [0.05, 0.1) is 4.90 Å². The van der Waals surface area contributed by atoms with Crippen molar-refractivity contribution in [2.24, 2.45) is 17.6 Å². The summed E-state index contributed by atoms with van der Waals surface area (Å²) in [7, 11) is -3.76. The van der Waals surface area contributed by atoms with Crippen LogP contribution in [0.4, 0.5) is 0 Å². The first-order valence-corrected chi connectivity index (χ1v) is 10.3. The van der Waals surface area contributed by atoms with Gasteiger partial charge in [-0.15, -0.1) is 0 Å². The van der Waals surface area contributed by atoms with Crippen molar-refractivity contribution in [3.8, 4) is 0 Å². The summed E-state index contributed by atoms with van der Waals surface area (Å²) < 4.78 is 27.8. The highest BCUT2D eigenvalue weighted by atomic mass is 32.2. The van der Waals surface area contributed by atoms with Gasteiger partial charge >= 0.3 is 0 Å². The quantitative estimate of drug-likeness (QED) is 0.616. The summed E-state index contributed by atoms with van der Waals surface area (Å²) in [5.74, 6) is 0.294. The van der Waals surface area contributed by atoms with Crippen LogP contribution in [0.2, 0.25) is 0 Å². The molecule has 0 aliphatic heterocycles. The average Bonchev–Trinajstić information content (AvgIpc) is 3.36. The Morgan fingerprint density at radius 1 is 1.24 bits per heavy atom. The summed E-state index contributed by atoms with van der Waals surface area (Å²) >= 11 is 0. The van der Waals surface area contributed by atoms with Crippen LogP contribution in [-0.4, -0.2) is 33.0 Å². The van der Waals surface area contributed by atoms with Gasteiger partial charge < -0.3 is 11.1 Å². The van der Waals surface area contributed by atoms with Crippen LogP contribution in [0.3, 0.4) is 0 Å². The Morgan fingerprint density at radius 2 is 1.84 bits per heavy atom. The molecular formula is C18H29N3O3S. The largest absolute Gasteiger partial charge is 0.350 e. The Labute approximate surface area is 150 Å². The van der Waals surface area contributed by atoms with E-state index in [-0.39, 0.29) is 22.8 Å². The number of hydrogen-bond acceptors (Lipinski definition) is 4. The van der Waals surface area contributed by atoms with Crippen LogP contribution in [0.25, 0.3) is 0 Å². The molecule has 1 aromatic carbocycles. The Kier molecular flexibility index (Phi) is 6.59. The number of carbonyl (C=O) groups is 1. The summed E-state index contributed by atoms with van der Waals surface area (Å²) in [5.41, 5.74) is 6.72. The van der Waals surface area contributed by atoms with Crippen LogP contribution in [-0.2, 0) is 14.8 Å². The standard InChI is InChI=1S/C18H29N3O3S/c1-12(2)10-16(18(22)20-17(11-19)14-6-7-14)21-25(23,24)15-8-4-13(3)5-9-15/h4-5,8-9,12,14,16-17,21H,6-7,10-11,19H2,1-3H3,(H,20,22). The lowest BCUT2D eigenvalue weighted by Crippen LogP contribution is -2.52. The van der Waals surface area contributed by atoms with Crippen molar-refractivity contribution >= 4 is 15.9 Å². The molecule has 1 aromatic rings. The fraction of sp³-hybridized carbons (Fsp3) is 0.611. The number of aryl methyl sites for hydroxylation is 1. The molecule has 0 heterocycles. The lowest BCUT2D eigenvalue weighted by atomic mass is 10.0. The molecule has 1 aliphatic rings. The van der Waals surface area contributed by atoms with E-state index < -0.39 is 16.1 Å². The van der Waals surface area contributed by atoms with Crippen LogP contribution in [0, 0.1) is 18.8 Å². The number of nitrogens with one attached hydrogen (secondary N) is 2. The third-order valence-corrected chi connectivity index (χ3v) is 5.91. The van der Waals surface area contributed by atoms with Gasteiger partial charge in [-0.1, -0.05) is 31.5 Å². The molecule has 2 rings (SSSR count). The summed E-state index contributed by atoms with van der Waals surface area (Å²) in [4.78, 5) is 12.8. The van der Waals surface area contributed by atoms with E-state index >= 15 is 0 Å². The number of nitrogens with two attached hydrogens (primary N) is 1. The highest BCUT2D eigenvalue weighted by Crippen LogP contribution is 2.32. The molecule has 0 radical (unpaired) electrons. The van der Waals surface area contributed by atoms with Crippen LogP contribution in [0.5, 0.6) is 0 Å². The zero-order valence-corrected chi connectivity index (χ0v) is 16.0. The molecular weight excluding hydrogens is 338 g/mol. The van der Waals surface area contributed by atoms with Gasteiger partial charge in [-0.2, -0.15) is 4.72 Å². The molecule has 1 saturated carbocycles. The van der Waals surface area contributed by atoms with E-state index in [1.807, 2.05) is 20.8 Å². The third-order valence-electron chi connectivity index (χ3n) is 4.42. The Balaban J connectivity index is 2.12. The van der Waals surface area contributed by atoms with Gasteiger partial charge in [-0.3, -0.25) is 4.79 Å². The first-order valence-electron chi connectivity index (χ1n) is 8.82. The van der Waals surface area contributed by atoms with E-state index in [1.54, 1.807) is 24.3 Å². The fourth-order valence-electron chi connectivity index (χ4n) is 2.80. The van der Waals surface area contributed by atoms with Gasteiger partial charge in [0.1, 0.15) is 6.04 Å². The third kappa shape index (κ3) is 5.80. The van der Waals surface area contributed by atoms with Gasteiger partial charge in [-0.25, -0.2) is 8.42 Å². The Hall–Kier alpha value is -1.44. The second-order valence-corrected chi connectivity index (χ2v) is 9.02. The number of sulfonamides is 1. The molecule has 0 saturated heterocycles. The van der Waals surface area contributed by atoms with Gasteiger partial charge in [0, 0.05) is 12.6 Å². The summed E-state index contributed by atoms with van der Waals surface area (Å²) in [6.07, 6.45) is 2.55. The van der Waals surface area contributed by atoms with Gasteiger partial charge in [0.25, 0.3) is 0 Å². The lowest BCUT2D eigenvalue weighted by Gasteiger charge is -2.23. The van der Waals surface area contributed by atoms with Gasteiger partial charge in [-0.05, 0) is 50.2 Å². The predicted molar refractivity (Wildman–Crippen MR) is 98.5 cm³/mol. The second-order valence-electron chi connectivity index (χ2n) is 7.30. The zero-order chi connectivity index (χ0) is 18.6. The maximum Gasteiger partial charge on any atom is 0.241 e. The van der Waals surface area contributed by atoms with Crippen LogP contribution >= 0.6 is 0 Å². The monoisotopic (exact) mass is 367 g/mol. The molecule has 0 aromatic heterocycles.